The Morgan fingerprint density at radius 2 is 2.05 bits per heavy atom. The summed E-state index contributed by atoms with van der Waals surface area (Å²) in [6.45, 7) is 0.857. The van der Waals surface area contributed by atoms with Gasteiger partial charge in [-0.25, -0.2) is 0 Å². The molecule has 0 spiro atoms. The minimum absolute atomic E-state index is 0.250. The monoisotopic (exact) mass is 264 g/mol. The summed E-state index contributed by atoms with van der Waals surface area (Å²) in [7, 11) is 0. The first-order valence-electron chi connectivity index (χ1n) is 6.37. The van der Waals surface area contributed by atoms with Crippen molar-refractivity contribution in [2.24, 2.45) is 5.73 Å². The number of esters is 1. The van der Waals surface area contributed by atoms with Gasteiger partial charge in [0.15, 0.2) is 0 Å². The van der Waals surface area contributed by atoms with E-state index in [0.717, 1.165) is 18.4 Å². The van der Waals surface area contributed by atoms with E-state index < -0.39 is 6.04 Å². The predicted molar refractivity (Wildman–Crippen MR) is 72.1 cm³/mol. The minimum Gasteiger partial charge on any atom is -0.460 e. The molecule has 0 aromatic heterocycles. The molecule has 5 heteroatoms. The maximum absolute atomic E-state index is 11.6. The topological polar surface area (TPSA) is 81.4 Å². The van der Waals surface area contributed by atoms with E-state index in [1.54, 1.807) is 0 Å². The van der Waals surface area contributed by atoms with Gasteiger partial charge in [-0.05, 0) is 24.8 Å². The van der Waals surface area contributed by atoms with E-state index in [9.17, 15) is 9.59 Å². The van der Waals surface area contributed by atoms with Crippen LogP contribution in [-0.4, -0.2) is 25.0 Å². The molecule has 1 rings (SSSR count). The van der Waals surface area contributed by atoms with Gasteiger partial charge in [0.2, 0.25) is 6.41 Å². The third-order valence-corrected chi connectivity index (χ3v) is 2.70. The number of hydrogen-bond acceptors (Lipinski definition) is 4. The van der Waals surface area contributed by atoms with Crippen molar-refractivity contribution in [1.82, 2.24) is 5.32 Å². The number of nitrogens with one attached hydrogen (secondary N) is 1. The number of rotatable bonds is 9. The second kappa shape index (κ2) is 9.10. The number of carbonyl (C=O) groups is 2. The van der Waals surface area contributed by atoms with Crippen LogP contribution < -0.4 is 11.1 Å². The molecule has 1 atom stereocenters. The molecule has 0 bridgehead atoms. The van der Waals surface area contributed by atoms with Crippen molar-refractivity contribution in [1.29, 1.82) is 0 Å². The highest BCUT2D eigenvalue weighted by Crippen LogP contribution is 2.04. The molecule has 0 fully saturated rings. The lowest BCUT2D eigenvalue weighted by Gasteiger charge is -2.11. The number of benzene rings is 1. The Morgan fingerprint density at radius 1 is 1.32 bits per heavy atom. The van der Waals surface area contributed by atoms with Gasteiger partial charge in [-0.2, -0.15) is 0 Å². The summed E-state index contributed by atoms with van der Waals surface area (Å²) in [5, 5.41) is 2.56. The molecule has 1 amide bonds. The van der Waals surface area contributed by atoms with Crippen molar-refractivity contribution in [2.75, 3.05) is 6.54 Å². The van der Waals surface area contributed by atoms with Crippen LogP contribution >= 0.6 is 0 Å². The van der Waals surface area contributed by atoms with Crippen molar-refractivity contribution in [3.8, 4) is 0 Å². The number of carbonyl (C=O) groups excluding carboxylic acids is 2. The first-order chi connectivity index (χ1) is 9.24. The van der Waals surface area contributed by atoms with Crippen LogP contribution in [0.5, 0.6) is 0 Å². The highest BCUT2D eigenvalue weighted by Gasteiger charge is 2.14. The summed E-state index contributed by atoms with van der Waals surface area (Å²) in [5.41, 5.74) is 6.67. The van der Waals surface area contributed by atoms with Crippen LogP contribution in [0.3, 0.4) is 0 Å². The van der Waals surface area contributed by atoms with Crippen molar-refractivity contribution in [3.05, 3.63) is 35.9 Å². The van der Waals surface area contributed by atoms with Gasteiger partial charge in [0.25, 0.3) is 0 Å². The summed E-state index contributed by atoms with van der Waals surface area (Å²) in [4.78, 5) is 21.6. The normalized spacial score (nSPS) is 11.6. The SMILES string of the molecule is N[C@H](CCCCNC=O)C(=O)OCc1ccccc1. The largest absolute Gasteiger partial charge is 0.460 e. The van der Waals surface area contributed by atoms with Crippen LogP contribution in [0.25, 0.3) is 0 Å². The lowest BCUT2D eigenvalue weighted by molar-refractivity contribution is -0.146. The van der Waals surface area contributed by atoms with E-state index in [2.05, 4.69) is 5.32 Å². The highest BCUT2D eigenvalue weighted by molar-refractivity contribution is 5.75. The number of hydrogen-bond donors (Lipinski definition) is 2. The Balaban J connectivity index is 2.16. The molecule has 104 valence electrons. The molecule has 0 unspecified atom stereocenters. The molecule has 0 heterocycles. The molecule has 19 heavy (non-hydrogen) atoms. The van der Waals surface area contributed by atoms with Gasteiger partial charge in [-0.3, -0.25) is 9.59 Å². The Labute approximate surface area is 113 Å². The Morgan fingerprint density at radius 3 is 2.74 bits per heavy atom. The summed E-state index contributed by atoms with van der Waals surface area (Å²) in [5.74, 6) is -0.382. The van der Waals surface area contributed by atoms with Gasteiger partial charge in [0.1, 0.15) is 12.6 Å². The van der Waals surface area contributed by atoms with Crippen LogP contribution in [0.1, 0.15) is 24.8 Å². The fourth-order valence-electron chi connectivity index (χ4n) is 1.60. The quantitative estimate of drug-likeness (QED) is 0.395. The molecule has 5 nitrogen and oxygen atoms in total. The molecule has 3 N–H and O–H groups in total. The van der Waals surface area contributed by atoms with Crippen molar-refractivity contribution >= 4 is 12.4 Å². The number of nitrogens with two attached hydrogens (primary N) is 1. The maximum Gasteiger partial charge on any atom is 0.323 e. The van der Waals surface area contributed by atoms with E-state index >= 15 is 0 Å². The first kappa shape index (κ1) is 15.2. The summed E-state index contributed by atoms with van der Waals surface area (Å²) in [6.07, 6.45) is 2.81. The lowest BCUT2D eigenvalue weighted by atomic mass is 10.1. The smallest absolute Gasteiger partial charge is 0.323 e. The molecule has 0 aliphatic rings. The van der Waals surface area contributed by atoms with Crippen molar-refractivity contribution in [3.63, 3.8) is 0 Å². The maximum atomic E-state index is 11.6. The van der Waals surface area contributed by atoms with E-state index in [-0.39, 0.29) is 12.6 Å². The summed E-state index contributed by atoms with van der Waals surface area (Å²) in [6, 6.07) is 8.88. The zero-order chi connectivity index (χ0) is 13.9. The second-order valence-electron chi connectivity index (χ2n) is 4.27. The standard InChI is InChI=1S/C14H20N2O3/c15-13(8-4-5-9-16-11-17)14(18)19-10-12-6-2-1-3-7-12/h1-3,6-7,11,13H,4-5,8-10,15H2,(H,16,17)/t13-/m1/s1. The molecule has 1 aromatic rings. The summed E-state index contributed by atoms with van der Waals surface area (Å²) < 4.78 is 5.13. The van der Waals surface area contributed by atoms with E-state index in [0.29, 0.717) is 19.4 Å². The van der Waals surface area contributed by atoms with Gasteiger partial charge in [0.05, 0.1) is 0 Å². The Kier molecular flexibility index (Phi) is 7.27. The second-order valence-corrected chi connectivity index (χ2v) is 4.27. The van der Waals surface area contributed by atoms with Crippen LogP contribution in [0, 0.1) is 0 Å². The van der Waals surface area contributed by atoms with Crippen LogP contribution in [0.4, 0.5) is 0 Å². The summed E-state index contributed by atoms with van der Waals surface area (Å²) >= 11 is 0. The minimum atomic E-state index is -0.597. The Hall–Kier alpha value is -1.88. The van der Waals surface area contributed by atoms with Crippen molar-refractivity contribution in [2.45, 2.75) is 31.9 Å². The highest BCUT2D eigenvalue weighted by atomic mass is 16.5. The van der Waals surface area contributed by atoms with Gasteiger partial charge in [-0.1, -0.05) is 30.3 Å². The van der Waals surface area contributed by atoms with E-state index in [4.69, 9.17) is 10.5 Å². The lowest BCUT2D eigenvalue weighted by Crippen LogP contribution is -2.32. The van der Waals surface area contributed by atoms with E-state index in [1.165, 1.54) is 0 Å². The zero-order valence-corrected chi connectivity index (χ0v) is 10.9. The number of amides is 1. The van der Waals surface area contributed by atoms with Gasteiger partial charge in [-0.15, -0.1) is 0 Å². The number of unbranched alkanes of at least 4 members (excludes halogenated alkanes) is 1. The molecule has 0 saturated heterocycles. The fraction of sp³-hybridized carbons (Fsp3) is 0.429. The van der Waals surface area contributed by atoms with Crippen molar-refractivity contribution < 1.29 is 14.3 Å². The molecular weight excluding hydrogens is 244 g/mol. The average Bonchev–Trinajstić information content (AvgIpc) is 2.45. The molecule has 0 aliphatic carbocycles. The van der Waals surface area contributed by atoms with E-state index in [1.807, 2.05) is 30.3 Å². The molecule has 1 aromatic carbocycles. The molecular formula is C14H20N2O3. The van der Waals surface area contributed by atoms with Crippen LogP contribution in [0.2, 0.25) is 0 Å². The third-order valence-electron chi connectivity index (χ3n) is 2.70. The van der Waals surface area contributed by atoms with Crippen LogP contribution in [0.15, 0.2) is 30.3 Å². The fourth-order valence-corrected chi connectivity index (χ4v) is 1.60. The molecule has 0 saturated carbocycles. The molecule has 0 aliphatic heterocycles. The molecule has 0 radical (unpaired) electrons. The average molecular weight is 264 g/mol. The third kappa shape index (κ3) is 6.57. The predicted octanol–water partition coefficient (Wildman–Crippen LogP) is 0.973. The van der Waals surface area contributed by atoms with Gasteiger partial charge < -0.3 is 15.8 Å². The van der Waals surface area contributed by atoms with Gasteiger partial charge in [0, 0.05) is 6.54 Å². The van der Waals surface area contributed by atoms with Gasteiger partial charge >= 0.3 is 5.97 Å². The first-order valence-corrected chi connectivity index (χ1v) is 6.37. The number of ether oxygens (including phenoxy) is 1. The zero-order valence-electron chi connectivity index (χ0n) is 10.9. The Bertz CT molecular complexity index is 382. The van der Waals surface area contributed by atoms with Crippen LogP contribution in [-0.2, 0) is 20.9 Å².